The van der Waals surface area contributed by atoms with E-state index in [-0.39, 0.29) is 0 Å². The summed E-state index contributed by atoms with van der Waals surface area (Å²) in [6.07, 6.45) is 4.74. The summed E-state index contributed by atoms with van der Waals surface area (Å²) < 4.78 is 0. The van der Waals surface area contributed by atoms with Gasteiger partial charge >= 0.3 is 0 Å². The fourth-order valence-corrected chi connectivity index (χ4v) is 3.42. The molecule has 1 fully saturated rings. The second kappa shape index (κ2) is 3.47. The lowest BCUT2D eigenvalue weighted by atomic mass is 9.68. The van der Waals surface area contributed by atoms with E-state index in [1.807, 2.05) is 0 Å². The second-order valence-corrected chi connectivity index (χ2v) is 6.23. The molecule has 0 amide bonds. The first-order chi connectivity index (χ1) is 6.91. The maximum Gasteiger partial charge on any atom is 0.155 e. The summed E-state index contributed by atoms with van der Waals surface area (Å²) >= 11 is 0. The number of Topliss-reactive ketones (excluding diaryl/α,β-unsaturated/α-hetero) is 1. The molecule has 0 unspecified atom stereocenters. The highest BCUT2D eigenvalue weighted by molar-refractivity contribution is 5.94. The van der Waals surface area contributed by atoms with E-state index in [2.05, 4.69) is 20.8 Å². The summed E-state index contributed by atoms with van der Waals surface area (Å²) in [6, 6.07) is 0. The number of carbonyl (C=O) groups is 1. The second-order valence-electron chi connectivity index (χ2n) is 6.23. The van der Waals surface area contributed by atoms with E-state index in [1.54, 1.807) is 6.92 Å². The molecule has 2 rings (SSSR count). The molecule has 1 heteroatoms. The van der Waals surface area contributed by atoms with Crippen LogP contribution < -0.4 is 0 Å². The van der Waals surface area contributed by atoms with E-state index in [1.165, 1.54) is 30.4 Å². The molecule has 0 spiro atoms. The number of hydrogen-bond donors (Lipinski definition) is 0. The van der Waals surface area contributed by atoms with Crippen LogP contribution in [0.15, 0.2) is 11.1 Å². The van der Waals surface area contributed by atoms with Gasteiger partial charge in [0.05, 0.1) is 0 Å². The maximum absolute atomic E-state index is 11.7. The summed E-state index contributed by atoms with van der Waals surface area (Å²) in [7, 11) is 0. The number of fused-ring (bicyclic) bond motifs is 1. The Morgan fingerprint density at radius 2 is 2.07 bits per heavy atom. The third-order valence-electron chi connectivity index (χ3n) is 4.24. The summed E-state index contributed by atoms with van der Waals surface area (Å²) in [4.78, 5) is 11.7. The highest BCUT2D eigenvalue weighted by Gasteiger charge is 2.40. The molecule has 84 valence electrons. The van der Waals surface area contributed by atoms with Crippen LogP contribution in [-0.4, -0.2) is 5.78 Å². The lowest BCUT2D eigenvalue weighted by Gasteiger charge is -2.37. The Morgan fingerprint density at radius 3 is 2.67 bits per heavy atom. The Morgan fingerprint density at radius 1 is 1.40 bits per heavy atom. The average Bonchev–Trinajstić information content (AvgIpc) is 2.45. The number of allylic oxidation sites excluding steroid dienone is 2. The minimum atomic E-state index is 0.317. The summed E-state index contributed by atoms with van der Waals surface area (Å²) in [5, 5.41) is 0. The Hall–Kier alpha value is -0.590. The van der Waals surface area contributed by atoms with Gasteiger partial charge in [0.25, 0.3) is 0 Å². The Bertz CT molecular complexity index is 322. The summed E-state index contributed by atoms with van der Waals surface area (Å²) in [5.74, 6) is 1.80. The topological polar surface area (TPSA) is 17.1 Å². The van der Waals surface area contributed by atoms with Gasteiger partial charge in [0.1, 0.15) is 0 Å². The molecule has 1 nitrogen and oxygen atoms in total. The molecule has 0 bridgehead atoms. The summed E-state index contributed by atoms with van der Waals surface area (Å²) in [6.45, 7) is 8.69. The SMILES string of the molecule is CC(=O)C1=C2CC[C@H](C)[C@H]2CC(C)(C)C1. The zero-order valence-electron chi connectivity index (χ0n) is 10.4. The molecule has 0 N–H and O–H groups in total. The van der Waals surface area contributed by atoms with E-state index in [0.717, 1.165) is 12.3 Å². The van der Waals surface area contributed by atoms with Crippen LogP contribution in [0, 0.1) is 17.3 Å². The van der Waals surface area contributed by atoms with Crippen molar-refractivity contribution >= 4 is 5.78 Å². The van der Waals surface area contributed by atoms with Crippen LogP contribution in [0.5, 0.6) is 0 Å². The number of rotatable bonds is 1. The standard InChI is InChI=1S/C14H22O/c1-9-5-6-11-12(9)7-14(3,4)8-13(11)10(2)15/h9,12H,5-8H2,1-4H3/t9-,12+/m0/s1. The quantitative estimate of drug-likeness (QED) is 0.638. The molecule has 2 atom stereocenters. The smallest absolute Gasteiger partial charge is 0.155 e. The van der Waals surface area contributed by atoms with E-state index in [0.29, 0.717) is 17.1 Å². The molecule has 0 heterocycles. The molecule has 0 saturated heterocycles. The van der Waals surface area contributed by atoms with E-state index < -0.39 is 0 Å². The van der Waals surface area contributed by atoms with E-state index >= 15 is 0 Å². The molecule has 2 aliphatic rings. The molecule has 15 heavy (non-hydrogen) atoms. The van der Waals surface area contributed by atoms with Gasteiger partial charge < -0.3 is 0 Å². The van der Waals surface area contributed by atoms with Crippen molar-refractivity contribution in [2.75, 3.05) is 0 Å². The highest BCUT2D eigenvalue weighted by atomic mass is 16.1. The Kier molecular flexibility index (Phi) is 2.52. The minimum absolute atomic E-state index is 0.317. The van der Waals surface area contributed by atoms with Crippen LogP contribution in [0.1, 0.15) is 53.4 Å². The van der Waals surface area contributed by atoms with Crippen molar-refractivity contribution in [1.82, 2.24) is 0 Å². The summed E-state index contributed by atoms with van der Waals surface area (Å²) in [5.41, 5.74) is 3.00. The van der Waals surface area contributed by atoms with Crippen molar-refractivity contribution in [2.24, 2.45) is 17.3 Å². The van der Waals surface area contributed by atoms with Gasteiger partial charge in [-0.05, 0) is 55.4 Å². The highest BCUT2D eigenvalue weighted by Crippen LogP contribution is 2.51. The zero-order valence-corrected chi connectivity index (χ0v) is 10.4. The van der Waals surface area contributed by atoms with Crippen LogP contribution in [0.3, 0.4) is 0 Å². The van der Waals surface area contributed by atoms with Gasteiger partial charge in [-0.2, -0.15) is 0 Å². The fourth-order valence-electron chi connectivity index (χ4n) is 3.42. The monoisotopic (exact) mass is 206 g/mol. The molecule has 0 aliphatic heterocycles. The van der Waals surface area contributed by atoms with Gasteiger partial charge in [0.15, 0.2) is 5.78 Å². The first kappa shape index (κ1) is 10.9. The third kappa shape index (κ3) is 1.89. The van der Waals surface area contributed by atoms with Gasteiger partial charge in [-0.15, -0.1) is 0 Å². The molecule has 0 aromatic heterocycles. The van der Waals surface area contributed by atoms with Crippen molar-refractivity contribution in [3.8, 4) is 0 Å². The third-order valence-corrected chi connectivity index (χ3v) is 4.24. The van der Waals surface area contributed by atoms with Crippen LogP contribution in [0.4, 0.5) is 0 Å². The maximum atomic E-state index is 11.7. The molecule has 0 radical (unpaired) electrons. The van der Waals surface area contributed by atoms with E-state index in [9.17, 15) is 4.79 Å². The Labute approximate surface area is 92.9 Å². The van der Waals surface area contributed by atoms with Crippen molar-refractivity contribution in [3.05, 3.63) is 11.1 Å². The largest absolute Gasteiger partial charge is 0.295 e. The molecule has 0 aromatic carbocycles. The molecule has 0 aromatic rings. The van der Waals surface area contributed by atoms with Crippen LogP contribution in [-0.2, 0) is 4.79 Å². The van der Waals surface area contributed by atoms with Gasteiger partial charge in [-0.25, -0.2) is 0 Å². The average molecular weight is 206 g/mol. The molecular weight excluding hydrogens is 184 g/mol. The molecular formula is C14H22O. The number of hydrogen-bond acceptors (Lipinski definition) is 1. The number of carbonyl (C=O) groups excluding carboxylic acids is 1. The fraction of sp³-hybridized carbons (Fsp3) is 0.786. The van der Waals surface area contributed by atoms with Gasteiger partial charge in [-0.1, -0.05) is 26.3 Å². The predicted molar refractivity (Wildman–Crippen MR) is 62.6 cm³/mol. The normalized spacial score (nSPS) is 34.1. The first-order valence-corrected chi connectivity index (χ1v) is 6.13. The zero-order chi connectivity index (χ0) is 11.2. The van der Waals surface area contributed by atoms with Gasteiger partial charge in [-0.3, -0.25) is 4.79 Å². The van der Waals surface area contributed by atoms with Crippen molar-refractivity contribution in [3.63, 3.8) is 0 Å². The van der Waals surface area contributed by atoms with Gasteiger partial charge in [0, 0.05) is 0 Å². The van der Waals surface area contributed by atoms with Crippen molar-refractivity contribution in [1.29, 1.82) is 0 Å². The molecule has 1 saturated carbocycles. The molecule has 2 aliphatic carbocycles. The van der Waals surface area contributed by atoms with Crippen LogP contribution in [0.2, 0.25) is 0 Å². The van der Waals surface area contributed by atoms with E-state index in [4.69, 9.17) is 0 Å². The van der Waals surface area contributed by atoms with Crippen molar-refractivity contribution < 1.29 is 4.79 Å². The van der Waals surface area contributed by atoms with Gasteiger partial charge in [0.2, 0.25) is 0 Å². The lowest BCUT2D eigenvalue weighted by molar-refractivity contribution is -0.114. The number of ketones is 1. The predicted octanol–water partition coefficient (Wildman–Crippen LogP) is 3.74. The lowest BCUT2D eigenvalue weighted by Crippen LogP contribution is -2.27. The first-order valence-electron chi connectivity index (χ1n) is 6.13. The minimum Gasteiger partial charge on any atom is -0.295 e. The van der Waals surface area contributed by atoms with Crippen LogP contribution in [0.25, 0.3) is 0 Å². The Balaban J connectivity index is 2.40. The van der Waals surface area contributed by atoms with Crippen LogP contribution >= 0.6 is 0 Å². The van der Waals surface area contributed by atoms with Crippen molar-refractivity contribution in [2.45, 2.75) is 53.4 Å².